The maximum absolute atomic E-state index is 13.7. The molecule has 0 saturated carbocycles. The molecule has 0 aliphatic carbocycles. The van der Waals surface area contributed by atoms with Gasteiger partial charge in [-0.2, -0.15) is 0 Å². The molecule has 1 aliphatic heterocycles. The number of benzene rings is 3. The molecule has 1 heterocycles. The van der Waals surface area contributed by atoms with Crippen molar-refractivity contribution in [3.8, 4) is 11.5 Å². The second-order valence-electron chi connectivity index (χ2n) is 7.68. The van der Waals surface area contributed by atoms with E-state index in [0.29, 0.717) is 38.9 Å². The van der Waals surface area contributed by atoms with E-state index in [1.807, 2.05) is 6.07 Å². The molecule has 35 heavy (non-hydrogen) atoms. The molecule has 0 atom stereocenters. The first-order valence-electron chi connectivity index (χ1n) is 11.0. The second-order valence-corrected chi connectivity index (χ2v) is 9.92. The zero-order valence-electron chi connectivity index (χ0n) is 19.3. The van der Waals surface area contributed by atoms with Gasteiger partial charge in [0.25, 0.3) is 15.9 Å². The quantitative estimate of drug-likeness (QED) is 0.450. The molecule has 1 amide bonds. The van der Waals surface area contributed by atoms with Crippen LogP contribution in [-0.2, 0) is 14.8 Å². The van der Waals surface area contributed by atoms with Crippen molar-refractivity contribution in [1.82, 2.24) is 5.32 Å². The molecule has 0 saturated heterocycles. The maximum atomic E-state index is 13.7. The third-order valence-electron chi connectivity index (χ3n) is 5.54. The first-order chi connectivity index (χ1) is 16.9. The number of hydrogen-bond donors (Lipinski definition) is 1. The standard InChI is InChI=1S/C26H25ClN2O5S/c1-3-29-23-14-9-19(27)17-22(23)24(18-7-5-4-6-8-18)25(35(29,31)32)26(30)28-15-16-34-21-12-10-20(33-2)11-13-21/h4-14,17H,3,15-16H2,1-2H3,(H,28,30). The lowest BCUT2D eigenvalue weighted by Crippen LogP contribution is -2.42. The fourth-order valence-corrected chi connectivity index (χ4v) is 5.91. The number of ether oxygens (including phenoxy) is 2. The summed E-state index contributed by atoms with van der Waals surface area (Å²) in [6.07, 6.45) is 0. The number of carbonyl (C=O) groups excluding carboxylic acids is 1. The van der Waals surface area contributed by atoms with Crippen LogP contribution in [0, 0.1) is 0 Å². The highest BCUT2D eigenvalue weighted by molar-refractivity contribution is 7.97. The van der Waals surface area contributed by atoms with E-state index in [-0.39, 0.29) is 24.6 Å². The number of carbonyl (C=O) groups is 1. The molecule has 1 N–H and O–H groups in total. The Labute approximate surface area is 210 Å². The van der Waals surface area contributed by atoms with Crippen LogP contribution in [0.3, 0.4) is 0 Å². The topological polar surface area (TPSA) is 84.9 Å². The number of halogens is 1. The van der Waals surface area contributed by atoms with E-state index in [9.17, 15) is 13.2 Å². The lowest BCUT2D eigenvalue weighted by Gasteiger charge is -2.33. The third kappa shape index (κ3) is 4.99. The summed E-state index contributed by atoms with van der Waals surface area (Å²) in [7, 11) is -2.55. The van der Waals surface area contributed by atoms with Crippen LogP contribution in [0.25, 0.3) is 5.57 Å². The van der Waals surface area contributed by atoms with Gasteiger partial charge in [0.2, 0.25) is 0 Å². The molecule has 182 valence electrons. The summed E-state index contributed by atoms with van der Waals surface area (Å²) < 4.78 is 39.3. The van der Waals surface area contributed by atoms with Crippen molar-refractivity contribution in [3.63, 3.8) is 0 Å². The number of nitrogens with zero attached hydrogens (tertiary/aromatic N) is 1. The molecular weight excluding hydrogens is 488 g/mol. The Morgan fingerprint density at radius 3 is 2.34 bits per heavy atom. The highest BCUT2D eigenvalue weighted by Gasteiger charge is 2.40. The van der Waals surface area contributed by atoms with Crippen LogP contribution in [0.15, 0.2) is 77.7 Å². The van der Waals surface area contributed by atoms with Gasteiger partial charge in [-0.1, -0.05) is 41.9 Å². The monoisotopic (exact) mass is 512 g/mol. The SMILES string of the molecule is CCN1c2ccc(Cl)cc2C(c2ccccc2)=C(C(=O)NCCOc2ccc(OC)cc2)S1(=O)=O. The first-order valence-corrected chi connectivity index (χ1v) is 12.9. The summed E-state index contributed by atoms with van der Waals surface area (Å²) in [5.41, 5.74) is 1.99. The van der Waals surface area contributed by atoms with Crippen molar-refractivity contribution in [1.29, 1.82) is 0 Å². The Kier molecular flexibility index (Phi) is 7.33. The molecule has 7 nitrogen and oxygen atoms in total. The number of amides is 1. The first kappa shape index (κ1) is 24.6. The number of anilines is 1. The van der Waals surface area contributed by atoms with E-state index in [4.69, 9.17) is 21.1 Å². The van der Waals surface area contributed by atoms with Gasteiger partial charge in [0.05, 0.1) is 19.3 Å². The fraction of sp³-hybridized carbons (Fsp3) is 0.192. The average Bonchev–Trinajstić information content (AvgIpc) is 2.86. The maximum Gasteiger partial charge on any atom is 0.270 e. The smallest absolute Gasteiger partial charge is 0.270 e. The van der Waals surface area contributed by atoms with Gasteiger partial charge in [-0.3, -0.25) is 9.10 Å². The summed E-state index contributed by atoms with van der Waals surface area (Å²) >= 11 is 6.28. The summed E-state index contributed by atoms with van der Waals surface area (Å²) in [5, 5.41) is 3.15. The van der Waals surface area contributed by atoms with Crippen molar-refractivity contribution in [3.05, 3.63) is 93.9 Å². The van der Waals surface area contributed by atoms with Crippen LogP contribution >= 0.6 is 11.6 Å². The number of hydrogen-bond acceptors (Lipinski definition) is 5. The molecule has 0 fully saturated rings. The lowest BCUT2D eigenvalue weighted by molar-refractivity contribution is -0.116. The van der Waals surface area contributed by atoms with Crippen molar-refractivity contribution in [2.75, 3.05) is 31.1 Å². The van der Waals surface area contributed by atoms with Gasteiger partial charge in [0, 0.05) is 22.7 Å². The Morgan fingerprint density at radius 2 is 1.69 bits per heavy atom. The minimum atomic E-state index is -4.13. The molecular formula is C26H25ClN2O5S. The highest BCUT2D eigenvalue weighted by Crippen LogP contribution is 2.43. The molecule has 1 aliphatic rings. The Hall–Kier alpha value is -3.49. The van der Waals surface area contributed by atoms with Gasteiger partial charge < -0.3 is 14.8 Å². The zero-order chi connectivity index (χ0) is 25.0. The molecule has 4 rings (SSSR count). The Balaban J connectivity index is 1.67. The highest BCUT2D eigenvalue weighted by atomic mass is 35.5. The molecule has 3 aromatic rings. The zero-order valence-corrected chi connectivity index (χ0v) is 20.9. The number of sulfonamides is 1. The predicted octanol–water partition coefficient (Wildman–Crippen LogP) is 4.47. The summed E-state index contributed by atoms with van der Waals surface area (Å²) in [6, 6.07) is 21.0. The van der Waals surface area contributed by atoms with E-state index in [1.54, 1.807) is 80.8 Å². The van der Waals surface area contributed by atoms with Crippen LogP contribution in [0.2, 0.25) is 5.02 Å². The van der Waals surface area contributed by atoms with Gasteiger partial charge in [0.1, 0.15) is 18.1 Å². The van der Waals surface area contributed by atoms with E-state index in [1.165, 1.54) is 4.31 Å². The Morgan fingerprint density at radius 1 is 1.00 bits per heavy atom. The summed E-state index contributed by atoms with van der Waals surface area (Å²) in [4.78, 5) is 13.1. The van der Waals surface area contributed by atoms with Crippen molar-refractivity contribution < 1.29 is 22.7 Å². The van der Waals surface area contributed by atoms with Crippen LogP contribution in [0.5, 0.6) is 11.5 Å². The Bertz CT molecular complexity index is 1360. The second kappa shape index (κ2) is 10.4. The fourth-order valence-electron chi connectivity index (χ4n) is 3.97. The molecule has 0 unspecified atom stereocenters. The van der Waals surface area contributed by atoms with E-state index in [2.05, 4.69) is 5.32 Å². The number of methoxy groups -OCH3 is 1. The van der Waals surface area contributed by atoms with Gasteiger partial charge >= 0.3 is 0 Å². The number of rotatable bonds is 8. The molecule has 0 radical (unpaired) electrons. The van der Waals surface area contributed by atoms with Gasteiger partial charge in [0.15, 0.2) is 4.91 Å². The lowest BCUT2D eigenvalue weighted by atomic mass is 9.95. The average molecular weight is 513 g/mol. The molecule has 0 bridgehead atoms. The number of fused-ring (bicyclic) bond motifs is 1. The normalized spacial score (nSPS) is 14.3. The van der Waals surface area contributed by atoms with Crippen molar-refractivity contribution in [2.24, 2.45) is 0 Å². The molecule has 0 aromatic heterocycles. The van der Waals surface area contributed by atoms with Crippen LogP contribution < -0.4 is 19.1 Å². The molecule has 0 spiro atoms. The van der Waals surface area contributed by atoms with Gasteiger partial charge in [-0.15, -0.1) is 0 Å². The van der Waals surface area contributed by atoms with Crippen LogP contribution in [-0.4, -0.2) is 41.1 Å². The van der Waals surface area contributed by atoms with Crippen LogP contribution in [0.1, 0.15) is 18.1 Å². The van der Waals surface area contributed by atoms with Crippen LogP contribution in [0.4, 0.5) is 5.69 Å². The van der Waals surface area contributed by atoms with E-state index in [0.717, 1.165) is 0 Å². The van der Waals surface area contributed by atoms with E-state index >= 15 is 0 Å². The minimum absolute atomic E-state index is 0.112. The summed E-state index contributed by atoms with van der Waals surface area (Å²) in [5.74, 6) is 0.607. The van der Waals surface area contributed by atoms with Gasteiger partial charge in [-0.25, -0.2) is 8.42 Å². The third-order valence-corrected chi connectivity index (χ3v) is 7.72. The van der Waals surface area contributed by atoms with Gasteiger partial charge in [-0.05, 0) is 55.0 Å². The molecule has 9 heteroatoms. The summed E-state index contributed by atoms with van der Waals surface area (Å²) in [6.45, 7) is 2.16. The predicted molar refractivity (Wildman–Crippen MR) is 137 cm³/mol. The van der Waals surface area contributed by atoms with E-state index < -0.39 is 15.9 Å². The molecule has 3 aromatic carbocycles. The largest absolute Gasteiger partial charge is 0.497 e. The number of nitrogens with one attached hydrogen (secondary N) is 1. The van der Waals surface area contributed by atoms with Crippen molar-refractivity contribution >= 4 is 38.8 Å². The minimum Gasteiger partial charge on any atom is -0.497 e. The van der Waals surface area contributed by atoms with Crippen molar-refractivity contribution in [2.45, 2.75) is 6.92 Å².